The van der Waals surface area contributed by atoms with Crippen LogP contribution in [0.3, 0.4) is 0 Å². The lowest BCUT2D eigenvalue weighted by molar-refractivity contribution is 0.0925. The Morgan fingerprint density at radius 2 is 1.91 bits per heavy atom. The third-order valence-electron chi connectivity index (χ3n) is 4.27. The lowest BCUT2D eigenvalue weighted by Crippen LogP contribution is -2.40. The highest BCUT2D eigenvalue weighted by atomic mass is 35.5. The highest BCUT2D eigenvalue weighted by Gasteiger charge is 2.23. The number of benzene rings is 1. The third-order valence-corrected chi connectivity index (χ3v) is 5.49. The van der Waals surface area contributed by atoms with Gasteiger partial charge in [-0.05, 0) is 61.6 Å². The van der Waals surface area contributed by atoms with Gasteiger partial charge in [0.1, 0.15) is 0 Å². The number of halogens is 1. The first-order valence-corrected chi connectivity index (χ1v) is 9.31. The van der Waals surface area contributed by atoms with Gasteiger partial charge in [0.25, 0.3) is 5.91 Å². The van der Waals surface area contributed by atoms with E-state index in [9.17, 15) is 4.79 Å². The molecule has 1 aliphatic heterocycles. The number of amides is 1. The predicted octanol–water partition coefficient (Wildman–Crippen LogP) is 4.36. The molecule has 3 nitrogen and oxygen atoms in total. The van der Waals surface area contributed by atoms with Crippen molar-refractivity contribution in [3.05, 3.63) is 57.2 Å². The summed E-state index contributed by atoms with van der Waals surface area (Å²) in [4.78, 5) is 16.2. The average Bonchev–Trinajstić information content (AvgIpc) is 3.11. The molecule has 2 heterocycles. The van der Waals surface area contributed by atoms with Crippen LogP contribution >= 0.6 is 22.9 Å². The molecule has 5 heteroatoms. The summed E-state index contributed by atoms with van der Waals surface area (Å²) in [6.45, 7) is 2.86. The molecule has 122 valence electrons. The van der Waals surface area contributed by atoms with Crippen molar-refractivity contribution < 1.29 is 4.79 Å². The summed E-state index contributed by atoms with van der Waals surface area (Å²) in [7, 11) is 0. The van der Waals surface area contributed by atoms with Crippen molar-refractivity contribution in [2.24, 2.45) is 0 Å². The standard InChI is InChI=1S/C18H21ClN2OS/c19-15-8-6-14(7-9-15)18(22)20-13-16(17-5-4-12-23-17)21-10-2-1-3-11-21/h4-9,12,16H,1-3,10-11,13H2,(H,20,22). The van der Waals surface area contributed by atoms with Gasteiger partial charge in [-0.3, -0.25) is 9.69 Å². The van der Waals surface area contributed by atoms with Crippen molar-refractivity contribution in [3.8, 4) is 0 Å². The minimum atomic E-state index is -0.0415. The Morgan fingerprint density at radius 1 is 1.17 bits per heavy atom. The molecular weight excluding hydrogens is 328 g/mol. The number of hydrogen-bond donors (Lipinski definition) is 1. The first-order chi connectivity index (χ1) is 11.2. The predicted molar refractivity (Wildman–Crippen MR) is 96.3 cm³/mol. The molecule has 3 rings (SSSR count). The zero-order valence-electron chi connectivity index (χ0n) is 13.0. The summed E-state index contributed by atoms with van der Waals surface area (Å²) in [5.74, 6) is -0.0415. The van der Waals surface area contributed by atoms with E-state index in [4.69, 9.17) is 11.6 Å². The van der Waals surface area contributed by atoms with Crippen molar-refractivity contribution in [2.75, 3.05) is 19.6 Å². The van der Waals surface area contributed by atoms with Gasteiger partial charge in [0.2, 0.25) is 0 Å². The molecule has 1 atom stereocenters. The molecule has 0 aliphatic carbocycles. The molecule has 1 unspecified atom stereocenters. The molecule has 23 heavy (non-hydrogen) atoms. The highest BCUT2D eigenvalue weighted by Crippen LogP contribution is 2.27. The molecule has 1 amide bonds. The Balaban J connectivity index is 1.66. The maximum Gasteiger partial charge on any atom is 0.251 e. The van der Waals surface area contributed by atoms with E-state index in [0.29, 0.717) is 17.1 Å². The fourth-order valence-electron chi connectivity index (χ4n) is 3.01. The van der Waals surface area contributed by atoms with Crippen LogP contribution in [-0.4, -0.2) is 30.4 Å². The van der Waals surface area contributed by atoms with E-state index in [1.807, 2.05) is 0 Å². The van der Waals surface area contributed by atoms with Crippen molar-refractivity contribution in [1.29, 1.82) is 0 Å². The topological polar surface area (TPSA) is 32.3 Å². The van der Waals surface area contributed by atoms with Gasteiger partial charge >= 0.3 is 0 Å². The van der Waals surface area contributed by atoms with E-state index in [1.54, 1.807) is 35.6 Å². The largest absolute Gasteiger partial charge is 0.350 e. The highest BCUT2D eigenvalue weighted by molar-refractivity contribution is 7.10. The first-order valence-electron chi connectivity index (χ1n) is 8.05. The molecule has 0 bridgehead atoms. The minimum absolute atomic E-state index is 0.0415. The third kappa shape index (κ3) is 4.34. The van der Waals surface area contributed by atoms with E-state index in [-0.39, 0.29) is 11.9 Å². The first kappa shape index (κ1) is 16.5. The second kappa shape index (κ2) is 7.95. The monoisotopic (exact) mass is 348 g/mol. The Bertz CT molecular complexity index is 621. The molecule has 0 spiro atoms. The molecule has 1 saturated heterocycles. The van der Waals surface area contributed by atoms with Gasteiger partial charge in [-0.15, -0.1) is 11.3 Å². The number of thiophene rings is 1. The maximum absolute atomic E-state index is 12.3. The Morgan fingerprint density at radius 3 is 2.57 bits per heavy atom. The van der Waals surface area contributed by atoms with Crippen LogP contribution in [0, 0.1) is 0 Å². The zero-order chi connectivity index (χ0) is 16.1. The van der Waals surface area contributed by atoms with Crippen LogP contribution in [0.5, 0.6) is 0 Å². The fourth-order valence-corrected chi connectivity index (χ4v) is 4.00. The van der Waals surface area contributed by atoms with Gasteiger partial charge in [0.15, 0.2) is 0 Å². The van der Waals surface area contributed by atoms with Crippen molar-refractivity contribution in [2.45, 2.75) is 25.3 Å². The van der Waals surface area contributed by atoms with Crippen molar-refractivity contribution in [1.82, 2.24) is 10.2 Å². The van der Waals surface area contributed by atoms with E-state index >= 15 is 0 Å². The molecule has 1 aromatic carbocycles. The SMILES string of the molecule is O=C(NCC(c1cccs1)N1CCCCC1)c1ccc(Cl)cc1. The number of piperidine rings is 1. The molecular formula is C18H21ClN2OS. The van der Waals surface area contributed by atoms with Crippen molar-refractivity contribution >= 4 is 28.8 Å². The molecule has 1 aromatic heterocycles. The van der Waals surface area contributed by atoms with E-state index in [2.05, 4.69) is 27.7 Å². The Kier molecular flexibility index (Phi) is 5.70. The van der Waals surface area contributed by atoms with Crippen LogP contribution in [0.15, 0.2) is 41.8 Å². The van der Waals surface area contributed by atoms with Crippen LogP contribution < -0.4 is 5.32 Å². The average molecular weight is 349 g/mol. The van der Waals surface area contributed by atoms with E-state index in [1.165, 1.54) is 24.1 Å². The van der Waals surface area contributed by atoms with Crippen molar-refractivity contribution in [3.63, 3.8) is 0 Å². The molecule has 2 aromatic rings. The molecule has 0 saturated carbocycles. The Labute approximate surface area is 146 Å². The number of rotatable bonds is 5. The van der Waals surface area contributed by atoms with Gasteiger partial charge in [-0.1, -0.05) is 24.1 Å². The second-order valence-electron chi connectivity index (χ2n) is 5.84. The number of hydrogen-bond acceptors (Lipinski definition) is 3. The van der Waals surface area contributed by atoms with Gasteiger partial charge in [-0.25, -0.2) is 0 Å². The summed E-state index contributed by atoms with van der Waals surface area (Å²) in [5.41, 5.74) is 0.651. The second-order valence-corrected chi connectivity index (χ2v) is 7.26. The molecule has 1 fully saturated rings. The summed E-state index contributed by atoms with van der Waals surface area (Å²) >= 11 is 7.64. The quantitative estimate of drug-likeness (QED) is 0.870. The lowest BCUT2D eigenvalue weighted by Gasteiger charge is -2.34. The van der Waals surface area contributed by atoms with Gasteiger partial charge in [-0.2, -0.15) is 0 Å². The van der Waals surface area contributed by atoms with Crippen LogP contribution in [0.4, 0.5) is 0 Å². The van der Waals surface area contributed by atoms with Gasteiger partial charge < -0.3 is 5.32 Å². The normalized spacial score (nSPS) is 16.9. The molecule has 1 aliphatic rings. The van der Waals surface area contributed by atoms with E-state index in [0.717, 1.165) is 13.1 Å². The minimum Gasteiger partial charge on any atom is -0.350 e. The summed E-state index contributed by atoms with van der Waals surface area (Å²) in [5, 5.41) is 5.84. The zero-order valence-corrected chi connectivity index (χ0v) is 14.6. The smallest absolute Gasteiger partial charge is 0.251 e. The maximum atomic E-state index is 12.3. The summed E-state index contributed by atoms with van der Waals surface area (Å²) in [6, 6.07) is 11.5. The summed E-state index contributed by atoms with van der Waals surface area (Å²) in [6.07, 6.45) is 3.80. The molecule has 0 radical (unpaired) electrons. The van der Waals surface area contributed by atoms with Crippen LogP contribution in [0.2, 0.25) is 5.02 Å². The lowest BCUT2D eigenvalue weighted by atomic mass is 10.1. The van der Waals surface area contributed by atoms with Crippen LogP contribution in [-0.2, 0) is 0 Å². The van der Waals surface area contributed by atoms with Crippen LogP contribution in [0.1, 0.15) is 40.5 Å². The number of carbonyl (C=O) groups excluding carboxylic acids is 1. The number of carbonyl (C=O) groups is 1. The van der Waals surface area contributed by atoms with Crippen LogP contribution in [0.25, 0.3) is 0 Å². The fraction of sp³-hybridized carbons (Fsp3) is 0.389. The number of nitrogens with one attached hydrogen (secondary N) is 1. The number of nitrogens with zero attached hydrogens (tertiary/aromatic N) is 1. The number of likely N-dealkylation sites (tertiary alicyclic amines) is 1. The molecule has 1 N–H and O–H groups in total. The van der Waals surface area contributed by atoms with Gasteiger partial charge in [0, 0.05) is 22.0 Å². The van der Waals surface area contributed by atoms with Gasteiger partial charge in [0.05, 0.1) is 6.04 Å². The Hall–Kier alpha value is -1.36. The van der Waals surface area contributed by atoms with E-state index < -0.39 is 0 Å². The summed E-state index contributed by atoms with van der Waals surface area (Å²) < 4.78 is 0.